The summed E-state index contributed by atoms with van der Waals surface area (Å²) in [5.74, 6) is 0.0552. The second-order valence-corrected chi connectivity index (χ2v) is 7.33. The van der Waals surface area contributed by atoms with Gasteiger partial charge in [-0.15, -0.1) is 5.10 Å². The molecule has 4 rings (SSSR count). The van der Waals surface area contributed by atoms with Crippen molar-refractivity contribution in [3.63, 3.8) is 0 Å². The van der Waals surface area contributed by atoms with E-state index < -0.39 is 0 Å². The molecule has 0 saturated carbocycles. The van der Waals surface area contributed by atoms with Gasteiger partial charge in [0, 0.05) is 38.2 Å². The van der Waals surface area contributed by atoms with Crippen LogP contribution in [0.1, 0.15) is 40.0 Å². The SMILES string of the molecule is NCc1cn(-c2cccc(CNC(=O)c3ccc(CN4CCCC4=O)cc3)c2)nn1. The molecule has 0 bridgehead atoms. The van der Waals surface area contributed by atoms with Gasteiger partial charge in [0.1, 0.15) is 0 Å². The van der Waals surface area contributed by atoms with Gasteiger partial charge >= 0.3 is 0 Å². The molecule has 2 aromatic carbocycles. The van der Waals surface area contributed by atoms with E-state index in [2.05, 4.69) is 15.6 Å². The van der Waals surface area contributed by atoms with E-state index in [4.69, 9.17) is 5.73 Å². The Bertz CT molecular complexity index is 1040. The van der Waals surface area contributed by atoms with Crippen LogP contribution in [0.15, 0.2) is 54.7 Å². The van der Waals surface area contributed by atoms with Gasteiger partial charge in [0.05, 0.1) is 17.6 Å². The van der Waals surface area contributed by atoms with Gasteiger partial charge in [0.2, 0.25) is 5.91 Å². The van der Waals surface area contributed by atoms with Gasteiger partial charge in [-0.2, -0.15) is 0 Å². The Hall–Kier alpha value is -3.52. The van der Waals surface area contributed by atoms with E-state index in [9.17, 15) is 9.59 Å². The lowest BCUT2D eigenvalue weighted by Crippen LogP contribution is -2.24. The van der Waals surface area contributed by atoms with Crippen molar-refractivity contribution >= 4 is 11.8 Å². The van der Waals surface area contributed by atoms with Crippen molar-refractivity contribution in [1.29, 1.82) is 0 Å². The maximum absolute atomic E-state index is 12.5. The second kappa shape index (κ2) is 8.87. The minimum absolute atomic E-state index is 0.143. The zero-order valence-corrected chi connectivity index (χ0v) is 16.6. The first-order valence-corrected chi connectivity index (χ1v) is 9.98. The molecule has 0 atom stereocenters. The van der Waals surface area contributed by atoms with Crippen LogP contribution in [0, 0.1) is 0 Å². The number of aromatic nitrogens is 3. The summed E-state index contributed by atoms with van der Waals surface area (Å²) in [4.78, 5) is 26.1. The number of likely N-dealkylation sites (tertiary alicyclic amines) is 1. The molecule has 3 aromatic rings. The minimum atomic E-state index is -0.143. The molecule has 1 aliphatic rings. The molecule has 1 fully saturated rings. The highest BCUT2D eigenvalue weighted by molar-refractivity contribution is 5.94. The van der Waals surface area contributed by atoms with Gasteiger partial charge in [-0.1, -0.05) is 29.5 Å². The highest BCUT2D eigenvalue weighted by Gasteiger charge is 2.20. The topological polar surface area (TPSA) is 106 Å². The molecule has 0 radical (unpaired) electrons. The predicted molar refractivity (Wildman–Crippen MR) is 112 cm³/mol. The van der Waals surface area contributed by atoms with E-state index in [0.717, 1.165) is 29.8 Å². The highest BCUT2D eigenvalue weighted by Crippen LogP contribution is 2.15. The summed E-state index contributed by atoms with van der Waals surface area (Å²) in [6.07, 6.45) is 3.34. The summed E-state index contributed by atoms with van der Waals surface area (Å²) in [6.45, 7) is 2.14. The molecular weight excluding hydrogens is 380 g/mol. The van der Waals surface area contributed by atoms with E-state index >= 15 is 0 Å². The zero-order valence-electron chi connectivity index (χ0n) is 16.6. The second-order valence-electron chi connectivity index (χ2n) is 7.33. The van der Waals surface area contributed by atoms with Crippen molar-refractivity contribution in [3.05, 3.63) is 77.1 Å². The largest absolute Gasteiger partial charge is 0.348 e. The average molecular weight is 404 g/mol. The molecule has 1 saturated heterocycles. The van der Waals surface area contributed by atoms with Crippen molar-refractivity contribution in [2.45, 2.75) is 32.5 Å². The number of rotatable bonds is 7. The fourth-order valence-corrected chi connectivity index (χ4v) is 3.46. The van der Waals surface area contributed by atoms with Crippen LogP contribution < -0.4 is 11.1 Å². The Kier molecular flexibility index (Phi) is 5.85. The zero-order chi connectivity index (χ0) is 20.9. The number of nitrogens with zero attached hydrogens (tertiary/aromatic N) is 4. The number of nitrogens with two attached hydrogens (primary N) is 1. The number of carbonyl (C=O) groups is 2. The van der Waals surface area contributed by atoms with Gasteiger partial charge in [-0.25, -0.2) is 4.68 Å². The van der Waals surface area contributed by atoms with E-state index in [1.807, 2.05) is 41.3 Å². The lowest BCUT2D eigenvalue weighted by atomic mass is 10.1. The Morgan fingerprint density at radius 2 is 1.97 bits per heavy atom. The van der Waals surface area contributed by atoms with Gasteiger partial charge in [-0.05, 0) is 41.8 Å². The Balaban J connectivity index is 1.35. The van der Waals surface area contributed by atoms with Crippen molar-refractivity contribution in [2.24, 2.45) is 5.73 Å². The maximum Gasteiger partial charge on any atom is 0.251 e. The number of amides is 2. The minimum Gasteiger partial charge on any atom is -0.348 e. The number of hydrogen-bond donors (Lipinski definition) is 2. The van der Waals surface area contributed by atoms with Crippen LogP contribution in [0.2, 0.25) is 0 Å². The third-order valence-electron chi connectivity index (χ3n) is 5.14. The molecular formula is C22H24N6O2. The molecule has 0 aliphatic carbocycles. The summed E-state index contributed by atoms with van der Waals surface area (Å²) in [5, 5.41) is 11.0. The molecule has 2 amide bonds. The van der Waals surface area contributed by atoms with E-state index in [-0.39, 0.29) is 11.8 Å². The predicted octanol–water partition coefficient (Wildman–Crippen LogP) is 1.78. The van der Waals surface area contributed by atoms with Crippen LogP contribution in [0.3, 0.4) is 0 Å². The molecule has 8 nitrogen and oxygen atoms in total. The maximum atomic E-state index is 12.5. The van der Waals surface area contributed by atoms with E-state index in [1.165, 1.54) is 0 Å². The summed E-state index contributed by atoms with van der Waals surface area (Å²) >= 11 is 0. The summed E-state index contributed by atoms with van der Waals surface area (Å²) in [7, 11) is 0. The van der Waals surface area contributed by atoms with Crippen molar-refractivity contribution in [2.75, 3.05) is 6.54 Å². The first-order valence-electron chi connectivity index (χ1n) is 9.98. The molecule has 0 unspecified atom stereocenters. The lowest BCUT2D eigenvalue weighted by Gasteiger charge is -2.15. The lowest BCUT2D eigenvalue weighted by molar-refractivity contribution is -0.128. The van der Waals surface area contributed by atoms with Crippen molar-refractivity contribution < 1.29 is 9.59 Å². The summed E-state index contributed by atoms with van der Waals surface area (Å²) in [6, 6.07) is 15.1. The third-order valence-corrected chi connectivity index (χ3v) is 5.14. The number of nitrogens with one attached hydrogen (secondary N) is 1. The van der Waals surface area contributed by atoms with Crippen LogP contribution >= 0.6 is 0 Å². The third kappa shape index (κ3) is 4.55. The normalized spacial score (nSPS) is 13.6. The van der Waals surface area contributed by atoms with Crippen LogP contribution in [0.25, 0.3) is 5.69 Å². The van der Waals surface area contributed by atoms with Crippen LogP contribution in [0.4, 0.5) is 0 Å². The monoisotopic (exact) mass is 404 g/mol. The van der Waals surface area contributed by atoms with Gasteiger partial charge in [-0.3, -0.25) is 9.59 Å². The first kappa shape index (κ1) is 19.8. The van der Waals surface area contributed by atoms with Gasteiger partial charge in [0.25, 0.3) is 5.91 Å². The Morgan fingerprint density at radius 1 is 1.13 bits per heavy atom. The number of carbonyl (C=O) groups excluding carboxylic acids is 2. The van der Waals surface area contributed by atoms with Crippen LogP contribution in [0.5, 0.6) is 0 Å². The van der Waals surface area contributed by atoms with Crippen molar-refractivity contribution in [3.8, 4) is 5.69 Å². The first-order chi connectivity index (χ1) is 14.6. The van der Waals surface area contributed by atoms with Gasteiger partial charge < -0.3 is 16.0 Å². The highest BCUT2D eigenvalue weighted by atomic mass is 16.2. The van der Waals surface area contributed by atoms with E-state index in [0.29, 0.717) is 37.3 Å². The Labute approximate surface area is 174 Å². The molecule has 0 spiro atoms. The molecule has 8 heteroatoms. The van der Waals surface area contributed by atoms with E-state index in [1.54, 1.807) is 23.0 Å². The Morgan fingerprint density at radius 3 is 2.67 bits per heavy atom. The number of benzene rings is 2. The quantitative estimate of drug-likeness (QED) is 0.624. The standard InChI is InChI=1S/C22H24N6O2/c23-12-19-15-28(26-25-19)20-4-1-3-17(11-20)13-24-22(30)18-8-6-16(7-9-18)14-27-10-2-5-21(27)29/h1,3-4,6-9,11,15H,2,5,10,12-14,23H2,(H,24,30). The molecule has 2 heterocycles. The van der Waals surface area contributed by atoms with Crippen molar-refractivity contribution in [1.82, 2.24) is 25.2 Å². The average Bonchev–Trinajstić information content (AvgIpc) is 3.42. The summed E-state index contributed by atoms with van der Waals surface area (Å²) < 4.78 is 1.66. The molecule has 1 aliphatic heterocycles. The molecule has 30 heavy (non-hydrogen) atoms. The van der Waals surface area contributed by atoms with Gasteiger partial charge in [0.15, 0.2) is 0 Å². The molecule has 1 aromatic heterocycles. The molecule has 3 N–H and O–H groups in total. The summed E-state index contributed by atoms with van der Waals surface area (Å²) in [5.41, 5.74) is 9.72. The van der Waals surface area contributed by atoms with Crippen LogP contribution in [-0.4, -0.2) is 38.3 Å². The number of hydrogen-bond acceptors (Lipinski definition) is 5. The fraction of sp³-hybridized carbons (Fsp3) is 0.273. The smallest absolute Gasteiger partial charge is 0.251 e. The molecule has 154 valence electrons. The fourth-order valence-electron chi connectivity index (χ4n) is 3.46. The van der Waals surface area contributed by atoms with Crippen LogP contribution in [-0.2, 0) is 24.4 Å².